The second-order valence-electron chi connectivity index (χ2n) is 7.89. The first kappa shape index (κ1) is 22.7. The van der Waals surface area contributed by atoms with Gasteiger partial charge in [0.05, 0.1) is 16.5 Å². The van der Waals surface area contributed by atoms with Crippen LogP contribution in [0.3, 0.4) is 0 Å². The fraction of sp³-hybridized carbons (Fsp3) is 0.200. The summed E-state index contributed by atoms with van der Waals surface area (Å²) in [7, 11) is -1.68. The maximum Gasteiger partial charge on any atom is 0.256 e. The second-order valence-corrected chi connectivity index (χ2v) is 9.83. The van der Waals surface area contributed by atoms with E-state index in [4.69, 9.17) is 0 Å². The summed E-state index contributed by atoms with van der Waals surface area (Å²) in [6.07, 6.45) is 0. The molecule has 4 rings (SSSR count). The summed E-state index contributed by atoms with van der Waals surface area (Å²) in [5, 5.41) is 12.3. The molecule has 1 saturated heterocycles. The number of nitrogens with one attached hydrogen (secondary N) is 1. The van der Waals surface area contributed by atoms with Gasteiger partial charge in [0, 0.05) is 43.0 Å². The lowest BCUT2D eigenvalue weighted by Crippen LogP contribution is -2.47. The van der Waals surface area contributed by atoms with Crippen LogP contribution in [-0.2, 0) is 10.0 Å². The van der Waals surface area contributed by atoms with E-state index in [9.17, 15) is 18.5 Å². The van der Waals surface area contributed by atoms with Gasteiger partial charge in [-0.1, -0.05) is 42.5 Å². The highest BCUT2D eigenvalue weighted by molar-refractivity contribution is 7.89. The normalized spacial score (nSPS) is 15.0. The van der Waals surface area contributed by atoms with Gasteiger partial charge < -0.3 is 10.2 Å². The Morgan fingerprint density at radius 1 is 0.909 bits per heavy atom. The van der Waals surface area contributed by atoms with Crippen molar-refractivity contribution in [1.29, 1.82) is 5.26 Å². The molecule has 3 aromatic rings. The van der Waals surface area contributed by atoms with Crippen LogP contribution < -0.4 is 5.32 Å². The molecule has 0 atom stereocenters. The molecule has 0 bridgehead atoms. The maximum absolute atomic E-state index is 13.1. The van der Waals surface area contributed by atoms with Gasteiger partial charge in [-0.25, -0.2) is 8.42 Å². The van der Waals surface area contributed by atoms with Gasteiger partial charge in [-0.3, -0.25) is 4.79 Å². The number of nitrogens with zero attached hydrogens (tertiary/aromatic N) is 3. The summed E-state index contributed by atoms with van der Waals surface area (Å²) in [6, 6.07) is 22.6. The van der Waals surface area contributed by atoms with Crippen LogP contribution in [0.15, 0.2) is 77.7 Å². The van der Waals surface area contributed by atoms with Gasteiger partial charge in [-0.2, -0.15) is 9.57 Å². The van der Waals surface area contributed by atoms with Gasteiger partial charge in [0.1, 0.15) is 0 Å². The number of hydrogen-bond donors (Lipinski definition) is 1. The summed E-state index contributed by atoms with van der Waals surface area (Å²) in [4.78, 5) is 15.4. The molecule has 8 heteroatoms. The Morgan fingerprint density at radius 2 is 1.58 bits per heavy atom. The van der Waals surface area contributed by atoms with Gasteiger partial charge in [0.25, 0.3) is 5.91 Å². The first-order valence-corrected chi connectivity index (χ1v) is 12.0. The first-order valence-electron chi connectivity index (χ1n) is 10.6. The van der Waals surface area contributed by atoms with Crippen molar-refractivity contribution in [2.45, 2.75) is 4.90 Å². The number of anilines is 1. The van der Waals surface area contributed by atoms with Crippen molar-refractivity contribution in [2.24, 2.45) is 0 Å². The van der Waals surface area contributed by atoms with Crippen LogP contribution in [0.2, 0.25) is 0 Å². The molecule has 168 valence electrons. The molecule has 0 radical (unpaired) electrons. The standard InChI is InChI=1S/C25H24N4O3S/c1-28-13-15-29(16-14-28)33(31,32)21-9-6-8-20(17-21)27-25(30)24-12-5-4-11-23(24)22-10-3-2-7-19(22)18-26/h2-12,17H,13-16H2,1H3,(H,27,30). The lowest BCUT2D eigenvalue weighted by molar-refractivity contribution is 0.102. The minimum atomic E-state index is -3.65. The van der Waals surface area contributed by atoms with Gasteiger partial charge >= 0.3 is 0 Å². The van der Waals surface area contributed by atoms with E-state index in [1.54, 1.807) is 54.6 Å². The highest BCUT2D eigenvalue weighted by Crippen LogP contribution is 2.28. The average Bonchev–Trinajstić information content (AvgIpc) is 2.84. The fourth-order valence-corrected chi connectivity index (χ4v) is 5.31. The van der Waals surface area contributed by atoms with E-state index in [1.165, 1.54) is 10.4 Å². The Bertz CT molecular complexity index is 1320. The van der Waals surface area contributed by atoms with Crippen molar-refractivity contribution in [1.82, 2.24) is 9.21 Å². The number of hydrogen-bond acceptors (Lipinski definition) is 5. The van der Waals surface area contributed by atoms with Gasteiger partial charge in [0.2, 0.25) is 10.0 Å². The fourth-order valence-electron chi connectivity index (χ4n) is 3.84. The number of sulfonamides is 1. The second kappa shape index (κ2) is 9.55. The van der Waals surface area contributed by atoms with Crippen molar-refractivity contribution < 1.29 is 13.2 Å². The van der Waals surface area contributed by atoms with Gasteiger partial charge in [-0.05, 0) is 42.9 Å². The van der Waals surface area contributed by atoms with E-state index in [-0.39, 0.29) is 10.8 Å². The minimum absolute atomic E-state index is 0.146. The Balaban J connectivity index is 1.61. The summed E-state index contributed by atoms with van der Waals surface area (Å²) < 4.78 is 27.6. The molecule has 1 amide bonds. The summed E-state index contributed by atoms with van der Waals surface area (Å²) in [6.45, 7) is 2.22. The molecule has 7 nitrogen and oxygen atoms in total. The van der Waals surface area contributed by atoms with Gasteiger partial charge in [0.15, 0.2) is 0 Å². The topological polar surface area (TPSA) is 93.5 Å². The van der Waals surface area contributed by atoms with Crippen molar-refractivity contribution in [3.8, 4) is 17.2 Å². The average molecular weight is 461 g/mol. The predicted octanol–water partition coefficient (Wildman–Crippen LogP) is 3.41. The SMILES string of the molecule is CN1CCN(S(=O)(=O)c2cccc(NC(=O)c3ccccc3-c3ccccc3C#N)c2)CC1. The maximum atomic E-state index is 13.1. The highest BCUT2D eigenvalue weighted by atomic mass is 32.2. The van der Waals surface area contributed by atoms with Crippen LogP contribution in [0.1, 0.15) is 15.9 Å². The lowest BCUT2D eigenvalue weighted by atomic mass is 9.95. The smallest absolute Gasteiger partial charge is 0.256 e. The number of rotatable bonds is 5. The molecule has 1 heterocycles. The van der Waals surface area contributed by atoms with E-state index in [2.05, 4.69) is 16.3 Å². The summed E-state index contributed by atoms with van der Waals surface area (Å²) in [5.41, 5.74) is 2.55. The van der Waals surface area contributed by atoms with Crippen LogP contribution >= 0.6 is 0 Å². The van der Waals surface area contributed by atoms with Crippen molar-refractivity contribution >= 4 is 21.6 Å². The van der Waals surface area contributed by atoms with Crippen LogP contribution in [0.4, 0.5) is 5.69 Å². The predicted molar refractivity (Wildman–Crippen MR) is 127 cm³/mol. The zero-order valence-corrected chi connectivity index (χ0v) is 19.0. The Morgan fingerprint density at radius 3 is 2.30 bits per heavy atom. The quantitative estimate of drug-likeness (QED) is 0.630. The molecule has 3 aromatic carbocycles. The number of amides is 1. The summed E-state index contributed by atoms with van der Waals surface area (Å²) >= 11 is 0. The molecular formula is C25H24N4O3S. The van der Waals surface area contributed by atoms with Crippen molar-refractivity contribution in [2.75, 3.05) is 38.5 Å². The van der Waals surface area contributed by atoms with Crippen LogP contribution in [-0.4, -0.2) is 56.8 Å². The molecule has 1 aliphatic rings. The number of carbonyl (C=O) groups excluding carboxylic acids is 1. The molecule has 0 aromatic heterocycles. The molecule has 1 fully saturated rings. The minimum Gasteiger partial charge on any atom is -0.322 e. The largest absolute Gasteiger partial charge is 0.322 e. The molecule has 33 heavy (non-hydrogen) atoms. The number of benzene rings is 3. The Hall–Kier alpha value is -3.51. The van der Waals surface area contributed by atoms with Crippen LogP contribution in [0.25, 0.3) is 11.1 Å². The Labute approximate surface area is 193 Å². The zero-order valence-electron chi connectivity index (χ0n) is 18.2. The van der Waals surface area contributed by atoms with E-state index >= 15 is 0 Å². The lowest BCUT2D eigenvalue weighted by Gasteiger charge is -2.31. The number of piperazine rings is 1. The molecular weight excluding hydrogens is 436 g/mol. The third kappa shape index (κ3) is 4.81. The number of nitriles is 1. The molecule has 0 saturated carbocycles. The van der Waals surface area contributed by atoms with Gasteiger partial charge in [-0.15, -0.1) is 0 Å². The molecule has 1 N–H and O–H groups in total. The van der Waals surface area contributed by atoms with E-state index in [1.807, 2.05) is 19.2 Å². The van der Waals surface area contributed by atoms with E-state index in [0.29, 0.717) is 54.1 Å². The molecule has 0 unspecified atom stereocenters. The molecule has 0 aliphatic carbocycles. The van der Waals surface area contributed by atoms with Crippen molar-refractivity contribution in [3.05, 3.63) is 83.9 Å². The van der Waals surface area contributed by atoms with Crippen LogP contribution in [0, 0.1) is 11.3 Å². The van der Waals surface area contributed by atoms with E-state index in [0.717, 1.165) is 0 Å². The summed E-state index contributed by atoms with van der Waals surface area (Å²) in [5.74, 6) is -0.382. The van der Waals surface area contributed by atoms with Crippen molar-refractivity contribution in [3.63, 3.8) is 0 Å². The Kier molecular flexibility index (Phi) is 6.56. The molecule has 1 aliphatic heterocycles. The zero-order chi connectivity index (χ0) is 23.4. The molecule has 0 spiro atoms. The number of carbonyl (C=O) groups is 1. The monoisotopic (exact) mass is 460 g/mol. The number of likely N-dealkylation sites (N-methyl/N-ethyl adjacent to an activating group) is 1. The third-order valence-electron chi connectivity index (χ3n) is 5.70. The van der Waals surface area contributed by atoms with E-state index < -0.39 is 10.0 Å². The van der Waals surface area contributed by atoms with Crippen LogP contribution in [0.5, 0.6) is 0 Å². The highest BCUT2D eigenvalue weighted by Gasteiger charge is 2.27. The first-order chi connectivity index (χ1) is 15.9. The third-order valence-corrected chi connectivity index (χ3v) is 7.60.